The molecule has 2 aromatic heterocycles. The Morgan fingerprint density at radius 3 is 2.59 bits per heavy atom. The summed E-state index contributed by atoms with van der Waals surface area (Å²) in [5.41, 5.74) is -0.303. The number of benzene rings is 1. The van der Waals surface area contributed by atoms with E-state index in [-0.39, 0.29) is 29.8 Å². The largest absolute Gasteiger partial charge is 0.433 e. The second-order valence-corrected chi connectivity index (χ2v) is 9.74. The highest BCUT2D eigenvalue weighted by Gasteiger charge is 2.42. The van der Waals surface area contributed by atoms with E-state index >= 15 is 0 Å². The monoisotopic (exact) mass is 518 g/mol. The molecule has 5 rings (SSSR count). The zero-order chi connectivity index (χ0) is 26.4. The topological polar surface area (TPSA) is 85.2 Å². The minimum absolute atomic E-state index is 0.138. The zero-order valence-electron chi connectivity index (χ0n) is 20.3. The Morgan fingerprint density at radius 2 is 2.00 bits per heavy atom. The minimum Gasteiger partial charge on any atom is -0.379 e. The van der Waals surface area contributed by atoms with Crippen LogP contribution in [0.3, 0.4) is 0 Å². The molecule has 3 aromatic rings. The summed E-state index contributed by atoms with van der Waals surface area (Å²) >= 11 is 0. The molecule has 8 nitrogen and oxygen atoms in total. The summed E-state index contributed by atoms with van der Waals surface area (Å²) in [6.07, 6.45) is -3.54. The summed E-state index contributed by atoms with van der Waals surface area (Å²) < 4.78 is 61.4. The molecule has 0 saturated carbocycles. The number of amides is 1. The molecule has 2 saturated heterocycles. The highest BCUT2D eigenvalue weighted by molar-refractivity contribution is 6.03. The second kappa shape index (κ2) is 9.49. The third kappa shape index (κ3) is 5.08. The number of carbonyl (C=O) groups excluding carboxylic acids is 1. The molecule has 37 heavy (non-hydrogen) atoms. The molecule has 0 radical (unpaired) electrons. The van der Waals surface area contributed by atoms with Crippen molar-refractivity contribution in [2.75, 3.05) is 31.6 Å². The Kier molecular flexibility index (Phi) is 6.48. The van der Waals surface area contributed by atoms with Crippen LogP contribution in [0.1, 0.15) is 46.1 Å². The number of aryl methyl sites for hydroxylation is 1. The Hall–Kier alpha value is -3.38. The Labute approximate surface area is 210 Å². The molecule has 1 amide bonds. The van der Waals surface area contributed by atoms with Gasteiger partial charge in [0.25, 0.3) is 5.91 Å². The lowest BCUT2D eigenvalue weighted by molar-refractivity contribution is -0.141. The first-order chi connectivity index (χ1) is 17.5. The molecule has 0 spiro atoms. The smallest absolute Gasteiger partial charge is 0.379 e. The average molecular weight is 519 g/mol. The summed E-state index contributed by atoms with van der Waals surface area (Å²) in [5.74, 6) is 0.0183. The molecule has 4 heterocycles. The third-order valence-corrected chi connectivity index (χ3v) is 7.06. The molecular formula is C25H26F4N6O2. The van der Waals surface area contributed by atoms with Crippen molar-refractivity contribution in [3.8, 4) is 0 Å². The van der Waals surface area contributed by atoms with E-state index in [0.717, 1.165) is 17.5 Å². The number of nitrogens with zero attached hydrogens (tertiary/aromatic N) is 5. The number of ether oxygens (including phenoxy) is 1. The molecule has 1 atom stereocenters. The van der Waals surface area contributed by atoms with Crippen LogP contribution in [0.4, 0.5) is 23.2 Å². The van der Waals surface area contributed by atoms with E-state index in [1.54, 1.807) is 36.4 Å². The molecular weight excluding hydrogens is 492 g/mol. The van der Waals surface area contributed by atoms with Crippen LogP contribution in [-0.2, 0) is 29.8 Å². The number of anilines is 1. The summed E-state index contributed by atoms with van der Waals surface area (Å²) in [7, 11) is 1.86. The van der Waals surface area contributed by atoms with E-state index < -0.39 is 30.0 Å². The molecule has 1 N–H and O–H groups in total. The number of alkyl halides is 4. The van der Waals surface area contributed by atoms with E-state index in [4.69, 9.17) is 4.74 Å². The van der Waals surface area contributed by atoms with Crippen molar-refractivity contribution in [1.29, 1.82) is 0 Å². The van der Waals surface area contributed by atoms with E-state index in [1.807, 2.05) is 17.7 Å². The zero-order valence-corrected chi connectivity index (χ0v) is 20.3. The van der Waals surface area contributed by atoms with Crippen molar-refractivity contribution >= 4 is 11.6 Å². The van der Waals surface area contributed by atoms with Gasteiger partial charge in [-0.15, -0.1) is 10.2 Å². The Bertz CT molecular complexity index is 1300. The molecule has 0 aliphatic carbocycles. The van der Waals surface area contributed by atoms with Gasteiger partial charge in [0.1, 0.15) is 29.7 Å². The number of hydrogen-bond acceptors (Lipinski definition) is 6. The van der Waals surface area contributed by atoms with Crippen LogP contribution in [-0.4, -0.2) is 63.0 Å². The SMILES string of the molecule is C[C@@H](c1cc(C(=O)Nc2cccc(C3(Cc4nncn4C)COC3)c2)nc(C(F)(F)F)c1)N1CC(F)C1. The number of carbonyl (C=O) groups is 1. The van der Waals surface area contributed by atoms with Crippen molar-refractivity contribution < 1.29 is 27.1 Å². The number of pyridine rings is 1. The van der Waals surface area contributed by atoms with Gasteiger partial charge in [-0.05, 0) is 42.3 Å². The average Bonchev–Trinajstić information content (AvgIpc) is 3.22. The van der Waals surface area contributed by atoms with Crippen LogP contribution in [0, 0.1) is 0 Å². The van der Waals surface area contributed by atoms with Crippen molar-refractivity contribution in [3.05, 3.63) is 71.1 Å². The molecule has 12 heteroatoms. The van der Waals surface area contributed by atoms with Gasteiger partial charge in [0, 0.05) is 43.7 Å². The number of aromatic nitrogens is 4. The van der Waals surface area contributed by atoms with Crippen LogP contribution < -0.4 is 5.32 Å². The molecule has 2 aliphatic rings. The summed E-state index contributed by atoms with van der Waals surface area (Å²) in [5, 5.41) is 10.8. The normalized spacial score (nSPS) is 18.6. The van der Waals surface area contributed by atoms with E-state index in [1.165, 1.54) is 6.07 Å². The molecule has 0 bridgehead atoms. The number of rotatable bonds is 7. The molecule has 0 unspecified atom stereocenters. The van der Waals surface area contributed by atoms with E-state index in [2.05, 4.69) is 20.5 Å². The van der Waals surface area contributed by atoms with Crippen molar-refractivity contribution in [1.82, 2.24) is 24.6 Å². The first-order valence-corrected chi connectivity index (χ1v) is 11.8. The fraction of sp³-hybridized carbons (Fsp3) is 0.440. The molecule has 1 aromatic carbocycles. The summed E-state index contributed by atoms with van der Waals surface area (Å²) in [6.45, 7) is 2.88. The number of nitrogens with one attached hydrogen (secondary N) is 1. The first kappa shape index (κ1) is 25.3. The van der Waals surface area contributed by atoms with Gasteiger partial charge in [-0.25, -0.2) is 9.37 Å². The first-order valence-electron chi connectivity index (χ1n) is 11.8. The van der Waals surface area contributed by atoms with Crippen LogP contribution in [0.2, 0.25) is 0 Å². The Morgan fingerprint density at radius 1 is 1.24 bits per heavy atom. The maximum Gasteiger partial charge on any atom is 0.433 e. The van der Waals surface area contributed by atoms with Gasteiger partial charge in [0.15, 0.2) is 0 Å². The number of likely N-dealkylation sites (tertiary alicyclic amines) is 1. The molecule has 2 fully saturated rings. The Balaban J connectivity index is 1.39. The third-order valence-electron chi connectivity index (χ3n) is 7.06. The molecule has 2 aliphatic heterocycles. The van der Waals surface area contributed by atoms with Crippen LogP contribution in [0.5, 0.6) is 0 Å². The lowest BCUT2D eigenvalue weighted by Crippen LogP contribution is -2.49. The van der Waals surface area contributed by atoms with Gasteiger partial charge in [-0.1, -0.05) is 12.1 Å². The van der Waals surface area contributed by atoms with E-state index in [9.17, 15) is 22.4 Å². The quantitative estimate of drug-likeness (QED) is 0.480. The van der Waals surface area contributed by atoms with Gasteiger partial charge in [0.05, 0.1) is 13.2 Å². The molecule has 196 valence electrons. The van der Waals surface area contributed by atoms with Gasteiger partial charge in [-0.3, -0.25) is 9.69 Å². The lowest BCUT2D eigenvalue weighted by atomic mass is 9.75. The van der Waals surface area contributed by atoms with Gasteiger partial charge < -0.3 is 14.6 Å². The number of halogens is 4. The fourth-order valence-corrected chi connectivity index (χ4v) is 4.65. The van der Waals surface area contributed by atoms with Crippen LogP contribution in [0.15, 0.2) is 42.7 Å². The summed E-state index contributed by atoms with van der Waals surface area (Å²) in [4.78, 5) is 18.4. The standard InChI is InChI=1S/C25H26F4N6O2/c1-15(35-10-18(26)11-35)16-6-20(32-21(7-16)25(27,28)29)23(36)31-19-5-3-4-17(8-19)24(12-37-13-24)9-22-33-30-14-34(22)2/h3-8,14-15,18H,9-13H2,1-2H3,(H,31,36)/t15-/m0/s1. The number of hydrogen-bond donors (Lipinski definition) is 1. The maximum absolute atomic E-state index is 13.6. The van der Waals surface area contributed by atoms with Crippen molar-refractivity contribution in [2.45, 2.75) is 37.1 Å². The predicted molar refractivity (Wildman–Crippen MR) is 126 cm³/mol. The van der Waals surface area contributed by atoms with Crippen molar-refractivity contribution in [2.24, 2.45) is 7.05 Å². The van der Waals surface area contributed by atoms with Crippen LogP contribution in [0.25, 0.3) is 0 Å². The van der Waals surface area contributed by atoms with Crippen molar-refractivity contribution in [3.63, 3.8) is 0 Å². The minimum atomic E-state index is -4.74. The highest BCUT2D eigenvalue weighted by Crippen LogP contribution is 2.37. The summed E-state index contributed by atoms with van der Waals surface area (Å²) in [6, 6.07) is 8.89. The second-order valence-electron chi connectivity index (χ2n) is 9.74. The van der Waals surface area contributed by atoms with Gasteiger partial charge in [0.2, 0.25) is 0 Å². The maximum atomic E-state index is 13.6. The van der Waals surface area contributed by atoms with Gasteiger partial charge >= 0.3 is 6.18 Å². The lowest BCUT2D eigenvalue weighted by Gasteiger charge is -2.41. The van der Waals surface area contributed by atoms with E-state index in [0.29, 0.717) is 25.3 Å². The fourth-order valence-electron chi connectivity index (χ4n) is 4.65. The predicted octanol–water partition coefficient (Wildman–Crippen LogP) is 3.71. The van der Waals surface area contributed by atoms with Crippen LogP contribution >= 0.6 is 0 Å². The van der Waals surface area contributed by atoms with Gasteiger partial charge in [-0.2, -0.15) is 13.2 Å². The highest BCUT2D eigenvalue weighted by atomic mass is 19.4.